The number of furan rings is 1. The third-order valence-electron chi connectivity index (χ3n) is 5.34. The molecule has 6 nitrogen and oxygen atoms in total. The monoisotopic (exact) mass is 413 g/mol. The van der Waals surface area contributed by atoms with Gasteiger partial charge in [-0.2, -0.15) is 0 Å². The van der Waals surface area contributed by atoms with Crippen LogP contribution in [0.15, 0.2) is 21.9 Å². The van der Waals surface area contributed by atoms with Crippen molar-refractivity contribution in [1.29, 1.82) is 0 Å². The molecule has 0 radical (unpaired) electrons. The molecule has 0 aliphatic carbocycles. The van der Waals surface area contributed by atoms with Gasteiger partial charge in [0.15, 0.2) is 10.9 Å². The first-order valence-corrected chi connectivity index (χ1v) is 10.8. The third-order valence-corrected chi connectivity index (χ3v) is 6.15. The fraction of sp³-hybridized carbons (Fsp3) is 0.455. The normalized spacial score (nSPS) is 20.3. The van der Waals surface area contributed by atoms with Crippen molar-refractivity contribution in [3.05, 3.63) is 45.7 Å². The summed E-state index contributed by atoms with van der Waals surface area (Å²) in [5.41, 5.74) is 4.74. The maximum Gasteiger partial charge on any atom is 0.293 e. The molecule has 0 saturated carbocycles. The quantitative estimate of drug-likeness (QED) is 0.673. The van der Waals surface area contributed by atoms with Crippen LogP contribution in [-0.2, 0) is 11.3 Å². The van der Waals surface area contributed by atoms with E-state index >= 15 is 0 Å². The van der Waals surface area contributed by atoms with Crippen molar-refractivity contribution >= 4 is 33.3 Å². The highest BCUT2D eigenvalue weighted by molar-refractivity contribution is 7.13. The second-order valence-corrected chi connectivity index (χ2v) is 8.87. The number of ether oxygens (including phenoxy) is 1. The smallest absolute Gasteiger partial charge is 0.293 e. The van der Waals surface area contributed by atoms with Crippen LogP contribution in [0.3, 0.4) is 0 Å². The lowest BCUT2D eigenvalue weighted by molar-refractivity contribution is -0.0707. The average molecular weight is 414 g/mol. The van der Waals surface area contributed by atoms with Gasteiger partial charge < -0.3 is 9.15 Å². The summed E-state index contributed by atoms with van der Waals surface area (Å²) in [5.74, 6) is 0.0944. The molecule has 0 spiro atoms. The van der Waals surface area contributed by atoms with Crippen LogP contribution in [0.5, 0.6) is 0 Å². The Morgan fingerprint density at radius 3 is 2.59 bits per heavy atom. The van der Waals surface area contributed by atoms with Crippen LogP contribution >= 0.6 is 11.3 Å². The van der Waals surface area contributed by atoms with Crippen LogP contribution in [0, 0.1) is 20.8 Å². The van der Waals surface area contributed by atoms with Crippen molar-refractivity contribution in [2.75, 3.05) is 18.4 Å². The zero-order valence-electron chi connectivity index (χ0n) is 17.5. The standard InChI is InChI=1S/C22H27N3O3S/c1-12-6-7-13(2)19-18(12)16(5)20(28-19)21(26)24-22-23-17(11-29-22)10-25-8-14(3)27-15(4)9-25/h6-7,11,14-15H,8-10H2,1-5H3,(H,23,24,26). The van der Waals surface area contributed by atoms with Gasteiger partial charge in [0, 0.05) is 36.0 Å². The minimum Gasteiger partial charge on any atom is -0.450 e. The van der Waals surface area contributed by atoms with E-state index in [9.17, 15) is 4.79 Å². The topological polar surface area (TPSA) is 67.6 Å². The Labute approximate surface area is 174 Å². The minimum absolute atomic E-state index is 0.222. The van der Waals surface area contributed by atoms with E-state index in [1.165, 1.54) is 11.3 Å². The zero-order valence-corrected chi connectivity index (χ0v) is 18.4. The summed E-state index contributed by atoms with van der Waals surface area (Å²) in [6.07, 6.45) is 0.444. The summed E-state index contributed by atoms with van der Waals surface area (Å²) in [6, 6.07) is 4.07. The number of aromatic nitrogens is 1. The lowest BCUT2D eigenvalue weighted by Crippen LogP contribution is -2.44. The van der Waals surface area contributed by atoms with Crippen LogP contribution < -0.4 is 5.32 Å². The number of fused-ring (bicyclic) bond motifs is 1. The largest absolute Gasteiger partial charge is 0.450 e. The predicted octanol–water partition coefficient (Wildman–Crippen LogP) is 4.68. The number of nitrogens with zero attached hydrogens (tertiary/aromatic N) is 2. The van der Waals surface area contributed by atoms with Gasteiger partial charge in [0.2, 0.25) is 0 Å². The van der Waals surface area contributed by atoms with Crippen molar-refractivity contribution in [2.24, 2.45) is 0 Å². The number of amides is 1. The van der Waals surface area contributed by atoms with Gasteiger partial charge >= 0.3 is 0 Å². The summed E-state index contributed by atoms with van der Waals surface area (Å²) in [7, 11) is 0. The Morgan fingerprint density at radius 1 is 1.21 bits per heavy atom. The van der Waals surface area contributed by atoms with Gasteiger partial charge in [0.25, 0.3) is 5.91 Å². The molecule has 4 rings (SSSR count). The summed E-state index contributed by atoms with van der Waals surface area (Å²) < 4.78 is 11.7. The maximum absolute atomic E-state index is 12.8. The number of thiazole rings is 1. The predicted molar refractivity (Wildman–Crippen MR) is 116 cm³/mol. The number of rotatable bonds is 4. The first-order chi connectivity index (χ1) is 13.8. The summed E-state index contributed by atoms with van der Waals surface area (Å²) in [4.78, 5) is 19.8. The van der Waals surface area contributed by atoms with E-state index in [0.717, 1.165) is 53.0 Å². The fourth-order valence-electron chi connectivity index (χ4n) is 4.13. The van der Waals surface area contributed by atoms with Crippen molar-refractivity contribution in [3.63, 3.8) is 0 Å². The number of aryl methyl sites for hydroxylation is 3. The highest BCUT2D eigenvalue weighted by Crippen LogP contribution is 2.31. The summed E-state index contributed by atoms with van der Waals surface area (Å²) >= 11 is 1.44. The number of hydrogen-bond acceptors (Lipinski definition) is 6. The lowest BCUT2D eigenvalue weighted by atomic mass is 10.0. The van der Waals surface area contributed by atoms with Crippen molar-refractivity contribution < 1.29 is 13.9 Å². The third kappa shape index (κ3) is 4.08. The number of carbonyl (C=O) groups is 1. The van der Waals surface area contributed by atoms with Gasteiger partial charge in [-0.3, -0.25) is 15.0 Å². The van der Waals surface area contributed by atoms with E-state index in [-0.39, 0.29) is 18.1 Å². The minimum atomic E-state index is -0.257. The highest BCUT2D eigenvalue weighted by Gasteiger charge is 2.24. The maximum atomic E-state index is 12.8. The Hall–Kier alpha value is -2.22. The van der Waals surface area contributed by atoms with Crippen LogP contribution in [0.4, 0.5) is 5.13 Å². The molecule has 1 saturated heterocycles. The SMILES string of the molecule is Cc1ccc(C)c2c(C)c(C(=O)Nc3nc(CN4CC(C)OC(C)C4)cs3)oc12. The van der Waals surface area contributed by atoms with Crippen LogP contribution in [0.1, 0.15) is 46.8 Å². The molecule has 2 aromatic heterocycles. The number of morpholine rings is 1. The molecule has 29 heavy (non-hydrogen) atoms. The van der Waals surface area contributed by atoms with Crippen LogP contribution in [0.25, 0.3) is 11.0 Å². The summed E-state index contributed by atoms with van der Waals surface area (Å²) in [5, 5.41) is 6.52. The molecular weight excluding hydrogens is 386 g/mol. The molecule has 7 heteroatoms. The Balaban J connectivity index is 1.49. The zero-order chi connectivity index (χ0) is 20.7. The van der Waals surface area contributed by atoms with Gasteiger partial charge in [0.1, 0.15) is 5.58 Å². The number of hydrogen-bond donors (Lipinski definition) is 1. The fourth-order valence-corrected chi connectivity index (χ4v) is 4.82. The van der Waals surface area contributed by atoms with Crippen molar-refractivity contribution in [1.82, 2.24) is 9.88 Å². The molecule has 2 unspecified atom stereocenters. The molecule has 1 N–H and O–H groups in total. The number of benzene rings is 1. The second kappa shape index (κ2) is 7.89. The molecule has 2 atom stereocenters. The molecule has 154 valence electrons. The highest BCUT2D eigenvalue weighted by atomic mass is 32.1. The van der Waals surface area contributed by atoms with E-state index in [4.69, 9.17) is 9.15 Å². The second-order valence-electron chi connectivity index (χ2n) is 8.01. The van der Waals surface area contributed by atoms with Gasteiger partial charge in [-0.15, -0.1) is 11.3 Å². The Morgan fingerprint density at radius 2 is 1.90 bits per heavy atom. The van der Waals surface area contributed by atoms with Gasteiger partial charge in [-0.1, -0.05) is 12.1 Å². The van der Waals surface area contributed by atoms with Crippen LogP contribution in [-0.4, -0.2) is 41.1 Å². The van der Waals surface area contributed by atoms with E-state index in [2.05, 4.69) is 35.1 Å². The molecule has 1 aliphatic rings. The molecule has 3 heterocycles. The Bertz CT molecular complexity index is 1050. The molecule has 3 aromatic rings. The first kappa shape index (κ1) is 20.1. The molecule has 1 aliphatic heterocycles. The van der Waals surface area contributed by atoms with Crippen molar-refractivity contribution in [2.45, 2.75) is 53.4 Å². The molecular formula is C22H27N3O3S. The van der Waals surface area contributed by atoms with E-state index < -0.39 is 0 Å². The lowest BCUT2D eigenvalue weighted by Gasteiger charge is -2.34. The van der Waals surface area contributed by atoms with Gasteiger partial charge in [-0.05, 0) is 45.7 Å². The number of nitrogens with one attached hydrogen (secondary N) is 1. The van der Waals surface area contributed by atoms with Crippen LogP contribution in [0.2, 0.25) is 0 Å². The molecule has 1 fully saturated rings. The Kier molecular flexibility index (Phi) is 5.46. The molecule has 1 amide bonds. The number of anilines is 1. The number of carbonyl (C=O) groups excluding carboxylic acids is 1. The van der Waals surface area contributed by atoms with Crippen molar-refractivity contribution in [3.8, 4) is 0 Å². The van der Waals surface area contributed by atoms with Gasteiger partial charge in [0.05, 0.1) is 17.9 Å². The average Bonchev–Trinajstić information content (AvgIpc) is 3.22. The first-order valence-electron chi connectivity index (χ1n) is 9.94. The van der Waals surface area contributed by atoms with E-state index in [0.29, 0.717) is 10.9 Å². The van der Waals surface area contributed by atoms with E-state index in [1.54, 1.807) is 0 Å². The summed E-state index contributed by atoms with van der Waals surface area (Å²) in [6.45, 7) is 12.7. The molecule has 0 bridgehead atoms. The van der Waals surface area contributed by atoms with E-state index in [1.807, 2.05) is 32.2 Å². The molecule has 1 aromatic carbocycles. The van der Waals surface area contributed by atoms with Gasteiger partial charge in [-0.25, -0.2) is 4.98 Å².